The zero-order valence-corrected chi connectivity index (χ0v) is 24.5. The lowest BCUT2D eigenvalue weighted by Gasteiger charge is -2.28. The van der Waals surface area contributed by atoms with Crippen LogP contribution < -0.4 is 20.5 Å². The lowest BCUT2D eigenvalue weighted by molar-refractivity contribution is -0.907. The van der Waals surface area contributed by atoms with Crippen LogP contribution in [0.2, 0.25) is 0 Å². The van der Waals surface area contributed by atoms with Gasteiger partial charge in [-0.3, -0.25) is 9.59 Å². The number of urea groups is 1. The molecular formula is C33H38N4O6+2. The first-order chi connectivity index (χ1) is 20.6. The number of amides is 3. The van der Waals surface area contributed by atoms with E-state index in [0.717, 1.165) is 41.3 Å². The second kappa shape index (κ2) is 12.7. The molecule has 2 atom stereocenters. The van der Waals surface area contributed by atoms with Gasteiger partial charge in [-0.25, -0.2) is 5.32 Å². The Labute approximate surface area is 250 Å². The number of ketones is 1. The summed E-state index contributed by atoms with van der Waals surface area (Å²) in [4.78, 5) is 39.2. The summed E-state index contributed by atoms with van der Waals surface area (Å²) in [5.74, 6) is 0.971. The van der Waals surface area contributed by atoms with Crippen molar-refractivity contribution in [1.29, 1.82) is 0 Å². The van der Waals surface area contributed by atoms with Gasteiger partial charge >= 0.3 is 6.03 Å². The van der Waals surface area contributed by atoms with E-state index in [1.54, 1.807) is 48.5 Å². The molecule has 2 aliphatic rings. The fraction of sp³-hybridized carbons (Fsp3) is 0.333. The van der Waals surface area contributed by atoms with Crippen molar-refractivity contribution >= 4 is 29.1 Å². The number of nitrogens with one attached hydrogen (secondary N) is 1. The number of fused-ring (bicyclic) bond motifs is 1. The van der Waals surface area contributed by atoms with Crippen molar-refractivity contribution in [2.75, 3.05) is 32.2 Å². The number of rotatable bonds is 10. The Balaban J connectivity index is 1.44. The van der Waals surface area contributed by atoms with Crippen molar-refractivity contribution in [1.82, 2.24) is 0 Å². The van der Waals surface area contributed by atoms with Gasteiger partial charge in [0.15, 0.2) is 23.3 Å². The number of hydrogen-bond acceptors (Lipinski definition) is 6. The predicted octanol–water partition coefficient (Wildman–Crippen LogP) is 4.24. The number of likely N-dealkylation sites (tertiary alicyclic amines) is 1. The number of aromatic hydroxyl groups is 1. The SMILES string of the molecule is CCCC(=O)c1ccc(NC(=O)/[N+](=C2\CC[N+](C)(Cc3ccc4c(c3)OCO4)C2)[C@@H](Cc2ccc(O)cc2)C(N)=O)cc1. The molecule has 3 aromatic rings. The van der Waals surface area contributed by atoms with Crippen molar-refractivity contribution < 1.29 is 38.0 Å². The molecule has 3 aromatic carbocycles. The van der Waals surface area contributed by atoms with Crippen LogP contribution in [0.3, 0.4) is 0 Å². The lowest BCUT2D eigenvalue weighted by Crippen LogP contribution is -2.49. The molecule has 4 N–H and O–H groups in total. The molecule has 224 valence electrons. The van der Waals surface area contributed by atoms with E-state index in [9.17, 15) is 19.5 Å². The fourth-order valence-corrected chi connectivity index (χ4v) is 5.78. The summed E-state index contributed by atoms with van der Waals surface area (Å²) in [6, 6.07) is 17.8. The number of carbonyl (C=O) groups excluding carboxylic acids is 3. The molecule has 2 aliphatic heterocycles. The molecule has 10 nitrogen and oxygen atoms in total. The van der Waals surface area contributed by atoms with E-state index >= 15 is 0 Å². The van der Waals surface area contributed by atoms with E-state index in [1.807, 2.05) is 25.1 Å². The molecular weight excluding hydrogens is 548 g/mol. The number of quaternary nitrogens is 1. The van der Waals surface area contributed by atoms with Crippen molar-refractivity contribution in [2.45, 2.75) is 45.2 Å². The maximum atomic E-state index is 14.0. The fourth-order valence-electron chi connectivity index (χ4n) is 5.78. The average Bonchev–Trinajstić information content (AvgIpc) is 3.60. The van der Waals surface area contributed by atoms with Crippen molar-refractivity contribution in [3.05, 3.63) is 83.4 Å². The first kappa shape index (κ1) is 29.8. The number of primary amides is 1. The third kappa shape index (κ3) is 7.03. The van der Waals surface area contributed by atoms with E-state index in [0.29, 0.717) is 41.7 Å². The number of benzene rings is 3. The van der Waals surface area contributed by atoms with Gasteiger partial charge in [-0.1, -0.05) is 19.1 Å². The molecule has 0 saturated carbocycles. The van der Waals surface area contributed by atoms with Crippen LogP contribution in [-0.2, 0) is 17.8 Å². The molecule has 2 heterocycles. The molecule has 0 aliphatic carbocycles. The van der Waals surface area contributed by atoms with Crippen LogP contribution in [0.25, 0.3) is 0 Å². The van der Waals surface area contributed by atoms with Gasteiger partial charge in [-0.05, 0) is 66.6 Å². The molecule has 1 unspecified atom stereocenters. The van der Waals surface area contributed by atoms with Gasteiger partial charge in [0, 0.05) is 24.0 Å². The van der Waals surface area contributed by atoms with Gasteiger partial charge in [0.25, 0.3) is 5.91 Å². The summed E-state index contributed by atoms with van der Waals surface area (Å²) in [5, 5.41) is 12.7. The Hall–Kier alpha value is -4.70. The summed E-state index contributed by atoms with van der Waals surface area (Å²) < 4.78 is 13.1. The molecule has 0 aromatic heterocycles. The molecule has 3 amide bonds. The smallest absolute Gasteiger partial charge is 0.496 e. The Bertz CT molecular complexity index is 1550. The third-order valence-electron chi connectivity index (χ3n) is 8.01. The Morgan fingerprint density at radius 3 is 2.40 bits per heavy atom. The van der Waals surface area contributed by atoms with Crippen molar-refractivity contribution in [3.63, 3.8) is 0 Å². The van der Waals surface area contributed by atoms with Gasteiger partial charge in [-0.15, -0.1) is 0 Å². The summed E-state index contributed by atoms with van der Waals surface area (Å²) >= 11 is 0. The Morgan fingerprint density at radius 1 is 1.00 bits per heavy atom. The Morgan fingerprint density at radius 2 is 1.70 bits per heavy atom. The number of anilines is 1. The lowest BCUT2D eigenvalue weighted by atomic mass is 10.0. The van der Waals surface area contributed by atoms with E-state index in [1.165, 1.54) is 4.58 Å². The molecule has 0 radical (unpaired) electrons. The standard InChI is InChI=1S/C33H36N4O6/c1-3-4-29(39)24-8-10-25(11-9-24)35-33(41)36(28(32(34)40)17-22-5-12-27(38)13-6-22)26-15-16-37(2,20-26)19-23-7-14-30-31(18-23)43-21-42-30/h5-14,18,28H,3-4,15-17,19-21H2,1-2H3,(H2-2,34,35,38,39,40,41)/p+2/b36-26+/t28-,37?/m0/s1. The minimum atomic E-state index is -0.956. The molecule has 1 fully saturated rings. The maximum absolute atomic E-state index is 14.0. The van der Waals surface area contributed by atoms with Crippen LogP contribution in [0.1, 0.15) is 47.7 Å². The van der Waals surface area contributed by atoms with Crippen LogP contribution >= 0.6 is 0 Å². The molecule has 5 rings (SSSR count). The number of hydrogen-bond donors (Lipinski definition) is 3. The number of phenolic OH excluding ortho intramolecular Hbond substituents is 1. The van der Waals surface area contributed by atoms with Crippen LogP contribution in [0.15, 0.2) is 66.7 Å². The molecule has 43 heavy (non-hydrogen) atoms. The zero-order chi connectivity index (χ0) is 30.6. The molecule has 10 heteroatoms. The number of carbonyl (C=O) groups is 3. The summed E-state index contributed by atoms with van der Waals surface area (Å²) in [7, 11) is 2.12. The number of ether oxygens (including phenoxy) is 2. The van der Waals surface area contributed by atoms with Gasteiger partial charge in [-0.2, -0.15) is 9.37 Å². The van der Waals surface area contributed by atoms with Gasteiger partial charge in [0.2, 0.25) is 6.79 Å². The quantitative estimate of drug-likeness (QED) is 0.185. The minimum Gasteiger partial charge on any atom is -0.508 e. The van der Waals surface area contributed by atoms with Crippen LogP contribution in [0.4, 0.5) is 10.5 Å². The Kier molecular flexibility index (Phi) is 8.77. The summed E-state index contributed by atoms with van der Waals surface area (Å²) in [6.45, 7) is 4.15. The molecule has 0 spiro atoms. The first-order valence-electron chi connectivity index (χ1n) is 14.5. The molecule has 1 saturated heterocycles. The minimum absolute atomic E-state index is 0.0470. The van der Waals surface area contributed by atoms with E-state index < -0.39 is 18.0 Å². The second-order valence-electron chi connectivity index (χ2n) is 11.5. The maximum Gasteiger partial charge on any atom is 0.496 e. The van der Waals surface area contributed by atoms with E-state index in [4.69, 9.17) is 15.2 Å². The predicted molar refractivity (Wildman–Crippen MR) is 162 cm³/mol. The number of nitrogens with two attached hydrogens (primary N) is 1. The van der Waals surface area contributed by atoms with Gasteiger partial charge in [0.1, 0.15) is 30.2 Å². The van der Waals surface area contributed by atoms with Crippen LogP contribution in [0, 0.1) is 0 Å². The molecule has 0 bridgehead atoms. The summed E-state index contributed by atoms with van der Waals surface area (Å²) in [6.07, 6.45) is 1.99. The highest BCUT2D eigenvalue weighted by molar-refractivity contribution is 5.97. The second-order valence-corrected chi connectivity index (χ2v) is 11.5. The number of nitrogens with zero attached hydrogens (tertiary/aromatic N) is 2. The largest absolute Gasteiger partial charge is 0.508 e. The van der Waals surface area contributed by atoms with Crippen molar-refractivity contribution in [2.24, 2.45) is 5.73 Å². The average molecular weight is 587 g/mol. The highest BCUT2D eigenvalue weighted by atomic mass is 16.7. The zero-order valence-electron chi connectivity index (χ0n) is 24.5. The number of phenols is 1. The number of Topliss-reactive ketones (excluding diaryl/α,β-unsaturated/α-hetero) is 1. The first-order valence-corrected chi connectivity index (χ1v) is 14.5. The van der Waals surface area contributed by atoms with Crippen molar-refractivity contribution in [3.8, 4) is 17.2 Å². The highest BCUT2D eigenvalue weighted by Crippen LogP contribution is 2.34. The van der Waals surface area contributed by atoms with Gasteiger partial charge in [0.05, 0.1) is 20.0 Å². The van der Waals surface area contributed by atoms with Crippen LogP contribution in [-0.4, -0.2) is 70.6 Å². The normalized spacial score (nSPS) is 19.1. The van der Waals surface area contributed by atoms with E-state index in [2.05, 4.69) is 12.4 Å². The highest BCUT2D eigenvalue weighted by Gasteiger charge is 2.41. The topological polar surface area (TPSA) is 131 Å². The summed E-state index contributed by atoms with van der Waals surface area (Å²) in [5.41, 5.74) is 9.68. The monoisotopic (exact) mass is 586 g/mol. The van der Waals surface area contributed by atoms with Crippen LogP contribution in [0.5, 0.6) is 17.2 Å². The van der Waals surface area contributed by atoms with E-state index in [-0.39, 0.29) is 24.7 Å². The van der Waals surface area contributed by atoms with Gasteiger partial charge < -0.3 is 24.8 Å². The third-order valence-corrected chi connectivity index (χ3v) is 8.01.